The molecule has 0 amide bonds. The molecule has 0 unspecified atom stereocenters. The lowest BCUT2D eigenvalue weighted by Crippen LogP contribution is -2.44. The predicted octanol–water partition coefficient (Wildman–Crippen LogP) is 0.497. The van der Waals surface area contributed by atoms with E-state index in [0.29, 0.717) is 0 Å². The summed E-state index contributed by atoms with van der Waals surface area (Å²) in [7, 11) is 0. The zero-order valence-corrected chi connectivity index (χ0v) is 15.1. The molecule has 3 rings (SSSR count). The summed E-state index contributed by atoms with van der Waals surface area (Å²) < 4.78 is 46.2. The first kappa shape index (κ1) is 20.6. The Balaban J connectivity index is 1.64. The Bertz CT molecular complexity index is 889. The molecule has 2 aromatic rings. The van der Waals surface area contributed by atoms with E-state index in [0.717, 1.165) is 44.1 Å². The van der Waals surface area contributed by atoms with Gasteiger partial charge in [0.05, 0.1) is 19.0 Å². The molecule has 0 atom stereocenters. The van der Waals surface area contributed by atoms with Crippen LogP contribution in [0.5, 0.6) is 5.75 Å². The number of fused-ring (bicyclic) bond motifs is 1. The highest BCUT2D eigenvalue weighted by molar-refractivity contribution is 5.71. The highest BCUT2D eigenvalue weighted by Gasteiger charge is 2.32. The fourth-order valence-corrected chi connectivity index (χ4v) is 2.86. The van der Waals surface area contributed by atoms with E-state index in [9.17, 15) is 28.4 Å². The molecule has 0 aliphatic carbocycles. The minimum atomic E-state index is -4.94. The molecule has 1 aromatic carbocycles. The summed E-state index contributed by atoms with van der Waals surface area (Å²) in [5.41, 5.74) is -0.623. The number of anilines is 1. The van der Waals surface area contributed by atoms with Crippen LogP contribution >= 0.6 is 0 Å². The number of alkyl halides is 3. The largest absolute Gasteiger partial charge is 0.739 e. The monoisotopic (exact) mass is 417 g/mol. The number of carbonyl (C=O) groups excluding carboxylic acids is 1. The first-order valence-corrected chi connectivity index (χ1v) is 8.80. The number of esters is 1. The van der Waals surface area contributed by atoms with E-state index in [1.54, 1.807) is 0 Å². The maximum Gasteiger partial charge on any atom is 0.573 e. The van der Waals surface area contributed by atoms with Gasteiger partial charge in [-0.1, -0.05) is 0 Å². The highest BCUT2D eigenvalue weighted by Crippen LogP contribution is 2.24. The minimum Gasteiger partial charge on any atom is -0.739 e. The van der Waals surface area contributed by atoms with Gasteiger partial charge in [0.25, 0.3) is 0 Å². The van der Waals surface area contributed by atoms with Crippen LogP contribution in [0.15, 0.2) is 18.2 Å². The summed E-state index contributed by atoms with van der Waals surface area (Å²) in [4.78, 5) is 11.9. The molecule has 0 radical (unpaired) electrons. The molecule has 2 N–H and O–H groups in total. The number of halogens is 3. The Kier molecular flexibility index (Phi) is 6.06. The van der Waals surface area contributed by atoms with Crippen molar-refractivity contribution in [2.45, 2.75) is 31.7 Å². The SMILES string of the molecule is O=C(CCNc1n[n+]([O-])c2cc(OC(F)(F)F)ccc2[n+]1[O-])OC1CCNCC1. The van der Waals surface area contributed by atoms with E-state index in [4.69, 9.17) is 4.74 Å². The fraction of sp³-hybridized carbons (Fsp3) is 0.500. The molecule has 29 heavy (non-hydrogen) atoms. The van der Waals surface area contributed by atoms with E-state index in [1.807, 2.05) is 0 Å². The molecule has 13 heteroatoms. The standard InChI is InChI=1S/C16H18F3N5O5/c17-16(18,19)29-11-1-2-12-13(9-11)24(27)22-15(23(12)26)21-8-5-14(25)28-10-3-6-20-7-4-10/h1-2,9-10,20H,3-8H2,(H,21,22). The second-order valence-electron chi connectivity index (χ2n) is 6.31. The van der Waals surface area contributed by atoms with E-state index in [1.165, 1.54) is 0 Å². The Morgan fingerprint density at radius 1 is 1.28 bits per heavy atom. The zero-order valence-electron chi connectivity index (χ0n) is 15.1. The molecule has 0 bridgehead atoms. The second kappa shape index (κ2) is 8.51. The molecule has 1 saturated heterocycles. The van der Waals surface area contributed by atoms with Crippen LogP contribution in [0.2, 0.25) is 0 Å². The normalized spacial score (nSPS) is 15.3. The second-order valence-corrected chi connectivity index (χ2v) is 6.31. The van der Waals surface area contributed by atoms with Crippen LogP contribution < -0.4 is 24.9 Å². The van der Waals surface area contributed by atoms with Crippen molar-refractivity contribution < 1.29 is 37.0 Å². The van der Waals surface area contributed by atoms with Crippen LogP contribution in [-0.4, -0.2) is 43.2 Å². The van der Waals surface area contributed by atoms with Crippen molar-refractivity contribution in [2.75, 3.05) is 25.0 Å². The molecule has 1 aliphatic heterocycles. The van der Waals surface area contributed by atoms with E-state index in [2.05, 4.69) is 20.5 Å². The van der Waals surface area contributed by atoms with Crippen molar-refractivity contribution in [2.24, 2.45) is 0 Å². The summed E-state index contributed by atoms with van der Waals surface area (Å²) in [6.45, 7) is 1.53. The quantitative estimate of drug-likeness (QED) is 0.395. The number of aromatic nitrogens is 3. The first-order chi connectivity index (χ1) is 13.7. The van der Waals surface area contributed by atoms with E-state index >= 15 is 0 Å². The molecule has 1 aromatic heterocycles. The summed E-state index contributed by atoms with van der Waals surface area (Å²) in [6.07, 6.45) is -3.69. The van der Waals surface area contributed by atoms with Gasteiger partial charge in [-0.25, -0.2) is 4.73 Å². The van der Waals surface area contributed by atoms with Crippen molar-refractivity contribution in [3.8, 4) is 5.75 Å². The Morgan fingerprint density at radius 3 is 2.69 bits per heavy atom. The molecule has 0 saturated carbocycles. The van der Waals surface area contributed by atoms with Crippen molar-refractivity contribution in [1.82, 2.24) is 10.4 Å². The van der Waals surface area contributed by atoms with Gasteiger partial charge in [-0.05, 0) is 38.1 Å². The number of nitrogens with one attached hydrogen (secondary N) is 2. The van der Waals surface area contributed by atoms with E-state index < -0.39 is 29.5 Å². The smallest absolute Gasteiger partial charge is 0.573 e. The third kappa shape index (κ3) is 5.47. The highest BCUT2D eigenvalue weighted by atomic mass is 19.4. The van der Waals surface area contributed by atoms with Crippen molar-refractivity contribution in [1.29, 1.82) is 0 Å². The van der Waals surface area contributed by atoms with Gasteiger partial charge in [-0.15, -0.1) is 13.2 Å². The topological polar surface area (TPSA) is 126 Å². The summed E-state index contributed by atoms with van der Waals surface area (Å²) >= 11 is 0. The maximum atomic E-state index is 12.3. The molecular formula is C16H18F3N5O5. The number of ether oxygens (including phenoxy) is 2. The van der Waals surface area contributed by atoms with Crippen LogP contribution in [-0.2, 0) is 9.53 Å². The van der Waals surface area contributed by atoms with Crippen molar-refractivity contribution in [3.63, 3.8) is 0 Å². The number of carbonyl (C=O) groups is 1. The number of hydrogen-bond acceptors (Lipinski definition) is 8. The maximum absolute atomic E-state index is 12.3. The third-order valence-electron chi connectivity index (χ3n) is 4.18. The van der Waals surface area contributed by atoms with Crippen molar-refractivity contribution in [3.05, 3.63) is 28.6 Å². The van der Waals surface area contributed by atoms with Gasteiger partial charge < -0.3 is 25.2 Å². The van der Waals surface area contributed by atoms with Crippen LogP contribution in [0.1, 0.15) is 19.3 Å². The average molecular weight is 417 g/mol. The van der Waals surface area contributed by atoms with Crippen LogP contribution in [0.4, 0.5) is 19.1 Å². The predicted molar refractivity (Wildman–Crippen MR) is 91.4 cm³/mol. The molecular weight excluding hydrogens is 399 g/mol. The number of rotatable bonds is 6. The van der Waals surface area contributed by atoms with Crippen LogP contribution in [0.3, 0.4) is 0 Å². The average Bonchev–Trinajstić information content (AvgIpc) is 2.65. The van der Waals surface area contributed by atoms with Gasteiger partial charge in [0.1, 0.15) is 11.9 Å². The lowest BCUT2D eigenvalue weighted by atomic mass is 10.1. The lowest BCUT2D eigenvalue weighted by Gasteiger charge is -2.22. The van der Waals surface area contributed by atoms with Crippen LogP contribution in [0.25, 0.3) is 11.0 Å². The molecule has 1 fully saturated rings. The van der Waals surface area contributed by atoms with Gasteiger partial charge in [0, 0.05) is 4.85 Å². The first-order valence-electron chi connectivity index (χ1n) is 8.80. The Labute approximate surface area is 162 Å². The number of hydrogen-bond donors (Lipinski definition) is 2. The summed E-state index contributed by atoms with van der Waals surface area (Å²) in [5, 5.41) is 33.5. The minimum absolute atomic E-state index is 0.00263. The molecule has 0 spiro atoms. The Morgan fingerprint density at radius 2 is 2.00 bits per heavy atom. The molecule has 1 aliphatic rings. The van der Waals surface area contributed by atoms with Gasteiger partial charge in [-0.2, -0.15) is 0 Å². The number of nitrogens with zero attached hydrogens (tertiary/aromatic N) is 3. The Hall–Kier alpha value is -3.09. The molecule has 158 valence electrons. The third-order valence-corrected chi connectivity index (χ3v) is 4.18. The molecule has 2 heterocycles. The summed E-state index contributed by atoms with van der Waals surface area (Å²) in [6, 6.07) is 2.68. The number of piperidine rings is 1. The summed E-state index contributed by atoms with van der Waals surface area (Å²) in [5.74, 6) is -1.50. The fourth-order valence-electron chi connectivity index (χ4n) is 2.86. The zero-order chi connectivity index (χ0) is 21.0. The van der Waals surface area contributed by atoms with Gasteiger partial charge >= 0.3 is 23.8 Å². The van der Waals surface area contributed by atoms with Gasteiger partial charge in [0.2, 0.25) is 5.10 Å². The lowest BCUT2D eigenvalue weighted by molar-refractivity contribution is -0.672. The van der Waals surface area contributed by atoms with Crippen molar-refractivity contribution >= 4 is 23.0 Å². The number of benzene rings is 1. The van der Waals surface area contributed by atoms with Crippen LogP contribution in [0, 0.1) is 10.4 Å². The van der Waals surface area contributed by atoms with E-state index in [-0.39, 0.29) is 34.2 Å². The van der Waals surface area contributed by atoms with Gasteiger partial charge in [0.15, 0.2) is 5.52 Å². The van der Waals surface area contributed by atoms with Gasteiger partial charge in [-0.3, -0.25) is 10.1 Å². The molecule has 10 nitrogen and oxygen atoms in total.